The highest BCUT2D eigenvalue weighted by Crippen LogP contribution is 2.37. The van der Waals surface area contributed by atoms with E-state index >= 15 is 0 Å². The molecule has 1 atom stereocenters. The van der Waals surface area contributed by atoms with Gasteiger partial charge in [0.25, 0.3) is 0 Å². The van der Waals surface area contributed by atoms with Crippen LogP contribution in [0.5, 0.6) is 0 Å². The minimum atomic E-state index is -0.0586. The molecule has 0 nitrogen and oxygen atoms in total. The number of rotatable bonds is 5. The first-order valence-electron chi connectivity index (χ1n) is 5.35. The van der Waals surface area contributed by atoms with Crippen molar-refractivity contribution < 1.29 is 0 Å². The Hall–Kier alpha value is 0.290. The largest absolute Gasteiger partial charge is 0.120 e. The Morgan fingerprint density at radius 1 is 1.15 bits per heavy atom. The maximum atomic E-state index is 6.24. The average Bonchev–Trinajstić information content (AvgIpc) is 1.80. The van der Waals surface area contributed by atoms with Gasteiger partial charge in [-0.1, -0.05) is 34.1 Å². The third-order valence-electron chi connectivity index (χ3n) is 2.50. The van der Waals surface area contributed by atoms with E-state index in [-0.39, 0.29) is 4.87 Å². The topological polar surface area (TPSA) is 0 Å². The summed E-state index contributed by atoms with van der Waals surface area (Å²) in [5, 5.41) is 0. The molecule has 13 heavy (non-hydrogen) atoms. The molecule has 80 valence electrons. The molecule has 0 fully saturated rings. The second-order valence-electron chi connectivity index (χ2n) is 5.78. The lowest BCUT2D eigenvalue weighted by Gasteiger charge is -2.33. The molecule has 0 aliphatic rings. The van der Waals surface area contributed by atoms with Crippen molar-refractivity contribution in [2.45, 2.75) is 65.7 Å². The zero-order valence-corrected chi connectivity index (χ0v) is 10.8. The van der Waals surface area contributed by atoms with Crippen LogP contribution in [0.25, 0.3) is 0 Å². The maximum absolute atomic E-state index is 6.24. The normalized spacial score (nSPS) is 15.9. The summed E-state index contributed by atoms with van der Waals surface area (Å²) in [6.07, 6.45) is 3.64. The highest BCUT2D eigenvalue weighted by atomic mass is 35.5. The summed E-state index contributed by atoms with van der Waals surface area (Å²) in [5.41, 5.74) is 0.376. The zero-order valence-electron chi connectivity index (χ0n) is 10.1. The first-order valence-corrected chi connectivity index (χ1v) is 5.73. The van der Waals surface area contributed by atoms with Crippen LogP contribution in [0.2, 0.25) is 0 Å². The van der Waals surface area contributed by atoms with Crippen molar-refractivity contribution in [3.63, 3.8) is 0 Å². The molecule has 0 aliphatic carbocycles. The minimum absolute atomic E-state index is 0.0586. The van der Waals surface area contributed by atoms with E-state index in [0.29, 0.717) is 5.41 Å². The van der Waals surface area contributed by atoms with Gasteiger partial charge in [-0.25, -0.2) is 0 Å². The molecular formula is C12H25Cl. The third-order valence-corrected chi connectivity index (χ3v) is 2.63. The molecule has 0 N–H and O–H groups in total. The molecule has 0 radical (unpaired) electrons. The number of hydrogen-bond donors (Lipinski definition) is 0. The summed E-state index contributed by atoms with van der Waals surface area (Å²) >= 11 is 6.24. The van der Waals surface area contributed by atoms with E-state index in [0.717, 1.165) is 12.3 Å². The molecule has 0 bridgehead atoms. The predicted octanol–water partition coefficient (Wildman–Crippen LogP) is 4.86. The van der Waals surface area contributed by atoms with E-state index in [4.69, 9.17) is 11.6 Å². The van der Waals surface area contributed by atoms with E-state index in [1.165, 1.54) is 12.8 Å². The smallest absolute Gasteiger partial charge is 0.0395 e. The van der Waals surface area contributed by atoms with Gasteiger partial charge in [0.2, 0.25) is 0 Å². The van der Waals surface area contributed by atoms with Crippen LogP contribution >= 0.6 is 11.6 Å². The van der Waals surface area contributed by atoms with Crippen LogP contribution in [0.1, 0.15) is 60.8 Å². The Morgan fingerprint density at radius 3 is 1.92 bits per heavy atom. The molecule has 1 heteroatoms. The lowest BCUT2D eigenvalue weighted by atomic mass is 9.76. The SMILES string of the molecule is CC[C@@H](C)CC(C)(C)CC(C)(C)Cl. The van der Waals surface area contributed by atoms with Crippen molar-refractivity contribution in [2.24, 2.45) is 11.3 Å². The van der Waals surface area contributed by atoms with E-state index in [1.54, 1.807) is 0 Å². The molecule has 0 unspecified atom stereocenters. The van der Waals surface area contributed by atoms with E-state index in [2.05, 4.69) is 41.5 Å². The molecule has 0 aliphatic heterocycles. The van der Waals surface area contributed by atoms with Gasteiger partial charge in [0, 0.05) is 4.87 Å². The highest BCUT2D eigenvalue weighted by Gasteiger charge is 2.27. The molecular weight excluding hydrogens is 180 g/mol. The fourth-order valence-corrected chi connectivity index (χ4v) is 2.66. The molecule has 0 spiro atoms. The maximum Gasteiger partial charge on any atom is 0.0395 e. The highest BCUT2D eigenvalue weighted by molar-refractivity contribution is 6.23. The van der Waals surface area contributed by atoms with Crippen LogP contribution in [0, 0.1) is 11.3 Å². The van der Waals surface area contributed by atoms with E-state index in [9.17, 15) is 0 Å². The second kappa shape index (κ2) is 4.68. The molecule has 0 heterocycles. The summed E-state index contributed by atoms with van der Waals surface area (Å²) in [6.45, 7) is 13.4. The van der Waals surface area contributed by atoms with Gasteiger partial charge in [-0.15, -0.1) is 11.6 Å². The molecule has 0 rings (SSSR count). The third kappa shape index (κ3) is 7.37. The van der Waals surface area contributed by atoms with Crippen LogP contribution in [0.4, 0.5) is 0 Å². The van der Waals surface area contributed by atoms with Gasteiger partial charge < -0.3 is 0 Å². The van der Waals surface area contributed by atoms with Crippen LogP contribution in [0.15, 0.2) is 0 Å². The summed E-state index contributed by atoms with van der Waals surface area (Å²) in [5.74, 6) is 0.814. The molecule has 0 aromatic carbocycles. The zero-order chi connectivity index (χ0) is 10.7. The van der Waals surface area contributed by atoms with Crippen molar-refractivity contribution in [3.05, 3.63) is 0 Å². The monoisotopic (exact) mass is 204 g/mol. The fourth-order valence-electron chi connectivity index (χ4n) is 2.30. The average molecular weight is 205 g/mol. The summed E-state index contributed by atoms with van der Waals surface area (Å²) in [6, 6.07) is 0. The lowest BCUT2D eigenvalue weighted by molar-refractivity contribution is 0.232. The van der Waals surface area contributed by atoms with Gasteiger partial charge in [0.15, 0.2) is 0 Å². The molecule has 0 saturated carbocycles. The van der Waals surface area contributed by atoms with Gasteiger partial charge in [0.05, 0.1) is 0 Å². The van der Waals surface area contributed by atoms with Crippen molar-refractivity contribution in [1.82, 2.24) is 0 Å². The van der Waals surface area contributed by atoms with Crippen LogP contribution in [-0.2, 0) is 0 Å². The molecule has 0 saturated heterocycles. The quantitative estimate of drug-likeness (QED) is 0.562. The Morgan fingerprint density at radius 2 is 1.62 bits per heavy atom. The lowest BCUT2D eigenvalue weighted by Crippen LogP contribution is -2.25. The predicted molar refractivity (Wildman–Crippen MR) is 62.4 cm³/mol. The Balaban J connectivity index is 4.08. The first kappa shape index (κ1) is 13.3. The van der Waals surface area contributed by atoms with Gasteiger partial charge in [0.1, 0.15) is 0 Å². The van der Waals surface area contributed by atoms with Crippen LogP contribution in [-0.4, -0.2) is 4.87 Å². The minimum Gasteiger partial charge on any atom is -0.120 e. The van der Waals surface area contributed by atoms with Crippen molar-refractivity contribution in [3.8, 4) is 0 Å². The first-order chi connectivity index (χ1) is 5.66. The van der Waals surface area contributed by atoms with Crippen molar-refractivity contribution >= 4 is 11.6 Å². The number of halogens is 1. The fraction of sp³-hybridized carbons (Fsp3) is 1.00. The molecule has 0 aromatic rings. The second-order valence-corrected chi connectivity index (χ2v) is 6.80. The Labute approximate surface area is 89.1 Å². The number of alkyl halides is 1. The van der Waals surface area contributed by atoms with Crippen LogP contribution in [0.3, 0.4) is 0 Å². The van der Waals surface area contributed by atoms with Gasteiger partial charge in [-0.2, -0.15) is 0 Å². The summed E-state index contributed by atoms with van der Waals surface area (Å²) < 4.78 is 0. The molecule has 0 aromatic heterocycles. The molecule has 0 amide bonds. The standard InChI is InChI=1S/C12H25Cl/c1-7-10(2)8-11(3,4)9-12(5,6)13/h10H,7-9H2,1-6H3/t10-/m1/s1. The summed E-state index contributed by atoms with van der Waals surface area (Å²) in [4.78, 5) is -0.0586. The van der Waals surface area contributed by atoms with E-state index in [1.807, 2.05) is 0 Å². The van der Waals surface area contributed by atoms with Gasteiger partial charge in [-0.3, -0.25) is 0 Å². The van der Waals surface area contributed by atoms with Gasteiger partial charge >= 0.3 is 0 Å². The number of hydrogen-bond acceptors (Lipinski definition) is 0. The van der Waals surface area contributed by atoms with Crippen molar-refractivity contribution in [2.75, 3.05) is 0 Å². The van der Waals surface area contributed by atoms with E-state index < -0.39 is 0 Å². The Kier molecular flexibility index (Phi) is 4.79. The van der Waals surface area contributed by atoms with Crippen molar-refractivity contribution in [1.29, 1.82) is 0 Å². The summed E-state index contributed by atoms with van der Waals surface area (Å²) in [7, 11) is 0. The van der Waals surface area contributed by atoms with Gasteiger partial charge in [-0.05, 0) is 38.0 Å². The Bertz CT molecular complexity index is 142. The van der Waals surface area contributed by atoms with Crippen LogP contribution < -0.4 is 0 Å².